The second-order valence-corrected chi connectivity index (χ2v) is 9.28. The van der Waals surface area contributed by atoms with Gasteiger partial charge in [0.15, 0.2) is 0 Å². The van der Waals surface area contributed by atoms with E-state index in [2.05, 4.69) is 10.4 Å². The minimum absolute atomic E-state index is 0.0536. The molecule has 1 atom stereocenters. The largest absolute Gasteiger partial charge is 0.342 e. The second kappa shape index (κ2) is 7.72. The van der Waals surface area contributed by atoms with Crippen molar-refractivity contribution in [2.45, 2.75) is 25.7 Å². The molecule has 2 fully saturated rings. The van der Waals surface area contributed by atoms with Gasteiger partial charge in [-0.15, -0.1) is 11.3 Å². The van der Waals surface area contributed by atoms with Gasteiger partial charge in [-0.2, -0.15) is 5.10 Å². The lowest BCUT2D eigenvalue weighted by Gasteiger charge is -2.33. The predicted octanol–water partition coefficient (Wildman–Crippen LogP) is 3.74. The van der Waals surface area contributed by atoms with Gasteiger partial charge in [-0.3, -0.25) is 9.59 Å². The van der Waals surface area contributed by atoms with Crippen molar-refractivity contribution < 1.29 is 9.59 Å². The molecule has 0 radical (unpaired) electrons. The molecule has 154 valence electrons. The number of amides is 2. The number of likely N-dealkylation sites (tertiary alicyclic amines) is 1. The highest BCUT2D eigenvalue weighted by Crippen LogP contribution is 2.59. The summed E-state index contributed by atoms with van der Waals surface area (Å²) in [5, 5.41) is 9.28. The Bertz CT molecular complexity index is 1020. The third-order valence-corrected chi connectivity index (χ3v) is 7.30. The summed E-state index contributed by atoms with van der Waals surface area (Å²) in [5.74, 6) is 0.351. The Kier molecular flexibility index (Phi) is 4.90. The van der Waals surface area contributed by atoms with Gasteiger partial charge >= 0.3 is 0 Å². The molecule has 1 aliphatic carbocycles. The van der Waals surface area contributed by atoms with Crippen LogP contribution in [0.15, 0.2) is 60.2 Å². The molecular formula is C23H24N4O2S. The summed E-state index contributed by atoms with van der Waals surface area (Å²) in [7, 11) is 0. The fourth-order valence-corrected chi connectivity index (χ4v) is 5.19. The van der Waals surface area contributed by atoms with Crippen LogP contribution in [0.2, 0.25) is 0 Å². The van der Waals surface area contributed by atoms with Gasteiger partial charge in [0.25, 0.3) is 0 Å². The average Bonchev–Trinajstić information content (AvgIpc) is 3.16. The highest BCUT2D eigenvalue weighted by molar-refractivity contribution is 7.10. The Morgan fingerprint density at radius 1 is 1.13 bits per heavy atom. The fraction of sp³-hybridized carbons (Fsp3) is 0.348. The Hall–Kier alpha value is -2.93. The summed E-state index contributed by atoms with van der Waals surface area (Å²) in [6, 6.07) is 13.6. The van der Waals surface area contributed by atoms with E-state index in [0.717, 1.165) is 48.6 Å². The van der Waals surface area contributed by atoms with Crippen LogP contribution in [0.1, 0.15) is 24.1 Å². The van der Waals surface area contributed by atoms with E-state index >= 15 is 0 Å². The Balaban J connectivity index is 1.13. The Morgan fingerprint density at radius 3 is 2.60 bits per heavy atom. The number of anilines is 1. The highest BCUT2D eigenvalue weighted by atomic mass is 32.1. The highest BCUT2D eigenvalue weighted by Gasteiger charge is 2.58. The number of benzene rings is 1. The van der Waals surface area contributed by atoms with Crippen LogP contribution in [0.3, 0.4) is 0 Å². The van der Waals surface area contributed by atoms with Crippen LogP contribution in [0.25, 0.3) is 5.69 Å². The molecule has 0 unspecified atom stereocenters. The van der Waals surface area contributed by atoms with Gasteiger partial charge in [-0.1, -0.05) is 6.07 Å². The minimum Gasteiger partial charge on any atom is -0.342 e. The van der Waals surface area contributed by atoms with Crippen molar-refractivity contribution in [3.63, 3.8) is 0 Å². The van der Waals surface area contributed by atoms with Crippen LogP contribution in [-0.4, -0.2) is 39.6 Å². The van der Waals surface area contributed by atoms with Crippen LogP contribution >= 0.6 is 11.3 Å². The number of nitrogens with one attached hydrogen (secondary N) is 1. The maximum absolute atomic E-state index is 12.8. The monoisotopic (exact) mass is 420 g/mol. The first-order valence-electron chi connectivity index (χ1n) is 10.3. The molecule has 0 bridgehead atoms. The van der Waals surface area contributed by atoms with E-state index in [9.17, 15) is 9.59 Å². The summed E-state index contributed by atoms with van der Waals surface area (Å²) in [5.41, 5.74) is 1.85. The molecular weight excluding hydrogens is 396 g/mol. The molecule has 5 rings (SSSR count). The van der Waals surface area contributed by atoms with Gasteiger partial charge in [0.2, 0.25) is 11.8 Å². The SMILES string of the molecule is O=C(Nc1ccc(-n2cccn2)cc1)[C@H]1CC12CCN(C(=O)Cc1cccs1)CC2. The molecule has 1 spiro atoms. The Labute approximate surface area is 179 Å². The molecule has 1 saturated carbocycles. The zero-order valence-electron chi connectivity index (χ0n) is 16.7. The summed E-state index contributed by atoms with van der Waals surface area (Å²) in [4.78, 5) is 28.4. The van der Waals surface area contributed by atoms with Gasteiger partial charge in [0.1, 0.15) is 0 Å². The summed E-state index contributed by atoms with van der Waals surface area (Å²) in [6.07, 6.45) is 6.88. The van der Waals surface area contributed by atoms with E-state index in [1.807, 2.05) is 58.9 Å². The summed E-state index contributed by atoms with van der Waals surface area (Å²) < 4.78 is 1.79. The van der Waals surface area contributed by atoms with Gasteiger partial charge in [0.05, 0.1) is 12.1 Å². The van der Waals surface area contributed by atoms with Crippen molar-refractivity contribution >= 4 is 28.8 Å². The van der Waals surface area contributed by atoms with E-state index in [4.69, 9.17) is 0 Å². The normalized spacial score (nSPS) is 19.6. The smallest absolute Gasteiger partial charge is 0.228 e. The first kappa shape index (κ1) is 19.1. The van der Waals surface area contributed by atoms with E-state index in [0.29, 0.717) is 6.42 Å². The molecule has 2 aliphatic rings. The number of carbonyl (C=O) groups is 2. The molecule has 1 saturated heterocycles. The number of piperidine rings is 1. The van der Waals surface area contributed by atoms with Crippen molar-refractivity contribution in [2.24, 2.45) is 11.3 Å². The van der Waals surface area contributed by atoms with Gasteiger partial charge in [0, 0.05) is 42.0 Å². The molecule has 3 aromatic rings. The lowest BCUT2D eigenvalue weighted by atomic mass is 9.90. The fourth-order valence-electron chi connectivity index (χ4n) is 4.49. The quantitative estimate of drug-likeness (QED) is 0.684. The van der Waals surface area contributed by atoms with Crippen molar-refractivity contribution in [3.05, 3.63) is 65.1 Å². The number of hydrogen-bond acceptors (Lipinski definition) is 4. The number of rotatable bonds is 5. The molecule has 30 heavy (non-hydrogen) atoms. The minimum atomic E-state index is 0.0536. The zero-order valence-corrected chi connectivity index (χ0v) is 17.5. The van der Waals surface area contributed by atoms with E-state index in [1.54, 1.807) is 22.2 Å². The van der Waals surface area contributed by atoms with Gasteiger partial charge < -0.3 is 10.2 Å². The number of aromatic nitrogens is 2. The van der Waals surface area contributed by atoms with Crippen LogP contribution in [0, 0.1) is 11.3 Å². The molecule has 3 heterocycles. The van der Waals surface area contributed by atoms with Crippen molar-refractivity contribution in [1.82, 2.24) is 14.7 Å². The Morgan fingerprint density at radius 2 is 1.93 bits per heavy atom. The lowest BCUT2D eigenvalue weighted by Crippen LogP contribution is -2.40. The van der Waals surface area contributed by atoms with E-state index in [-0.39, 0.29) is 23.1 Å². The van der Waals surface area contributed by atoms with E-state index in [1.165, 1.54) is 0 Å². The second-order valence-electron chi connectivity index (χ2n) is 8.24. The molecule has 1 N–H and O–H groups in total. The maximum atomic E-state index is 12.8. The topological polar surface area (TPSA) is 67.2 Å². The molecule has 1 aliphatic heterocycles. The van der Waals surface area contributed by atoms with Crippen LogP contribution in [0.5, 0.6) is 0 Å². The predicted molar refractivity (Wildman–Crippen MR) is 117 cm³/mol. The zero-order chi connectivity index (χ0) is 20.6. The molecule has 7 heteroatoms. The number of nitrogens with zero attached hydrogens (tertiary/aromatic N) is 3. The van der Waals surface area contributed by atoms with Crippen molar-refractivity contribution in [3.8, 4) is 5.69 Å². The number of thiophene rings is 1. The standard InChI is InChI=1S/C23H24N4O2S/c28-21(15-19-3-1-14-30-19)26-12-8-23(9-13-26)16-20(23)22(29)25-17-4-6-18(7-5-17)27-11-2-10-24-27/h1-7,10-11,14,20H,8-9,12-13,15-16H2,(H,25,29)/t20-/m1/s1. The van der Waals surface area contributed by atoms with E-state index < -0.39 is 0 Å². The molecule has 6 nitrogen and oxygen atoms in total. The summed E-state index contributed by atoms with van der Waals surface area (Å²) in [6.45, 7) is 1.51. The van der Waals surface area contributed by atoms with Crippen LogP contribution in [-0.2, 0) is 16.0 Å². The van der Waals surface area contributed by atoms with Gasteiger partial charge in [-0.25, -0.2) is 4.68 Å². The third kappa shape index (κ3) is 3.77. The molecule has 1 aromatic carbocycles. The first-order chi connectivity index (χ1) is 14.6. The maximum Gasteiger partial charge on any atom is 0.228 e. The summed E-state index contributed by atoms with van der Waals surface area (Å²) >= 11 is 1.63. The van der Waals surface area contributed by atoms with Gasteiger partial charge in [-0.05, 0) is 66.5 Å². The average molecular weight is 421 g/mol. The third-order valence-electron chi connectivity index (χ3n) is 6.43. The molecule has 2 amide bonds. The number of hydrogen-bond donors (Lipinski definition) is 1. The van der Waals surface area contributed by atoms with Crippen LogP contribution < -0.4 is 5.32 Å². The number of carbonyl (C=O) groups excluding carboxylic acids is 2. The van der Waals surface area contributed by atoms with Crippen LogP contribution in [0.4, 0.5) is 5.69 Å². The molecule has 2 aromatic heterocycles. The lowest BCUT2D eigenvalue weighted by molar-refractivity contribution is -0.132. The first-order valence-corrected chi connectivity index (χ1v) is 11.2. The van der Waals surface area contributed by atoms with Crippen molar-refractivity contribution in [2.75, 3.05) is 18.4 Å². The van der Waals surface area contributed by atoms with Crippen molar-refractivity contribution in [1.29, 1.82) is 0 Å².